The van der Waals surface area contributed by atoms with E-state index in [4.69, 9.17) is 14.2 Å². The molecule has 158 valence electrons. The van der Waals surface area contributed by atoms with Gasteiger partial charge in [-0.05, 0) is 31.5 Å². The van der Waals surface area contributed by atoms with E-state index < -0.39 is 5.60 Å². The van der Waals surface area contributed by atoms with E-state index in [0.717, 1.165) is 49.9 Å². The lowest BCUT2D eigenvalue weighted by Gasteiger charge is -2.34. The first kappa shape index (κ1) is 23.0. The zero-order valence-corrected chi connectivity index (χ0v) is 18.9. The molecule has 1 atom stereocenters. The van der Waals surface area contributed by atoms with Gasteiger partial charge in [0.1, 0.15) is 0 Å². The molecular formula is C19H31IN4O4. The molecule has 2 heterocycles. The molecular weight excluding hydrogens is 475 g/mol. The van der Waals surface area contributed by atoms with Crippen molar-refractivity contribution in [3.05, 3.63) is 23.8 Å². The topological polar surface area (TPSA) is 87.6 Å². The molecule has 8 nitrogen and oxygen atoms in total. The number of hydrogen-bond acceptors (Lipinski definition) is 6. The second-order valence-electron chi connectivity index (χ2n) is 7.12. The fourth-order valence-corrected chi connectivity index (χ4v) is 3.12. The first-order chi connectivity index (χ1) is 13.1. The van der Waals surface area contributed by atoms with Crippen molar-refractivity contribution < 1.29 is 19.3 Å². The Hall–Kier alpha value is -1.30. The number of rotatable bonds is 7. The van der Waals surface area contributed by atoms with Gasteiger partial charge in [0.25, 0.3) is 0 Å². The molecule has 1 unspecified atom stereocenters. The third kappa shape index (κ3) is 6.94. The van der Waals surface area contributed by atoms with Gasteiger partial charge in [-0.25, -0.2) is 4.99 Å². The normalized spacial score (nSPS) is 18.9. The molecule has 0 aliphatic carbocycles. The van der Waals surface area contributed by atoms with Crippen molar-refractivity contribution in [2.45, 2.75) is 26.0 Å². The summed E-state index contributed by atoms with van der Waals surface area (Å²) < 4.78 is 16.1. The largest absolute Gasteiger partial charge is 0.454 e. The Morgan fingerprint density at radius 2 is 1.96 bits per heavy atom. The van der Waals surface area contributed by atoms with Crippen LogP contribution in [0.1, 0.15) is 19.4 Å². The van der Waals surface area contributed by atoms with Crippen LogP contribution in [0.15, 0.2) is 23.2 Å². The van der Waals surface area contributed by atoms with Crippen molar-refractivity contribution in [3.8, 4) is 11.5 Å². The second kappa shape index (κ2) is 11.0. The summed E-state index contributed by atoms with van der Waals surface area (Å²) in [4.78, 5) is 6.84. The molecule has 1 aromatic rings. The molecule has 3 N–H and O–H groups in total. The Morgan fingerprint density at radius 1 is 1.21 bits per heavy atom. The minimum absolute atomic E-state index is 0. The smallest absolute Gasteiger partial charge is 0.231 e. The lowest BCUT2D eigenvalue weighted by molar-refractivity contribution is -0.0201. The van der Waals surface area contributed by atoms with Gasteiger partial charge in [-0.15, -0.1) is 24.0 Å². The zero-order chi connectivity index (χ0) is 19.1. The molecule has 0 saturated carbocycles. The highest BCUT2D eigenvalue weighted by atomic mass is 127. The number of guanidine groups is 1. The second-order valence-corrected chi connectivity index (χ2v) is 7.12. The van der Waals surface area contributed by atoms with Gasteiger partial charge >= 0.3 is 0 Å². The van der Waals surface area contributed by atoms with Gasteiger partial charge in [0.15, 0.2) is 17.5 Å². The minimum atomic E-state index is -0.855. The Labute approximate surface area is 183 Å². The van der Waals surface area contributed by atoms with Crippen LogP contribution >= 0.6 is 24.0 Å². The van der Waals surface area contributed by atoms with Crippen molar-refractivity contribution >= 4 is 29.9 Å². The summed E-state index contributed by atoms with van der Waals surface area (Å²) in [5.41, 5.74) is 0.184. The fraction of sp³-hybridized carbons (Fsp3) is 0.632. The lowest BCUT2D eigenvalue weighted by atomic mass is 10.1. The van der Waals surface area contributed by atoms with E-state index in [1.54, 1.807) is 0 Å². The monoisotopic (exact) mass is 506 g/mol. The Kier molecular flexibility index (Phi) is 9.06. The van der Waals surface area contributed by atoms with Crippen LogP contribution < -0.4 is 20.1 Å². The molecule has 0 aromatic heterocycles. The molecule has 0 radical (unpaired) electrons. The molecule has 0 amide bonds. The molecule has 2 aliphatic heterocycles. The van der Waals surface area contributed by atoms with E-state index >= 15 is 0 Å². The van der Waals surface area contributed by atoms with Crippen LogP contribution in [0.4, 0.5) is 0 Å². The zero-order valence-electron chi connectivity index (χ0n) is 16.6. The summed E-state index contributed by atoms with van der Waals surface area (Å²) in [6.07, 6.45) is 0. The van der Waals surface area contributed by atoms with Gasteiger partial charge in [-0.2, -0.15) is 0 Å². The van der Waals surface area contributed by atoms with Crippen LogP contribution in [0.25, 0.3) is 0 Å². The van der Waals surface area contributed by atoms with Gasteiger partial charge < -0.3 is 30.0 Å². The number of hydrogen-bond donors (Lipinski definition) is 3. The standard InChI is InChI=1S/C19H30N4O4.HI/c1-3-20-18(21-11-15-4-5-16-17(10-15)27-14-26-16)22-12-19(2,24)13-23-6-8-25-9-7-23;/h4-5,10,24H,3,6-9,11-14H2,1-2H3,(H2,20,21,22);1H. The van der Waals surface area contributed by atoms with E-state index in [1.165, 1.54) is 0 Å². The SMILES string of the molecule is CCNC(=NCc1ccc2c(c1)OCO2)NCC(C)(O)CN1CCOCC1.I. The first-order valence-corrected chi connectivity index (χ1v) is 9.49. The van der Waals surface area contributed by atoms with Crippen LogP contribution in [0.5, 0.6) is 11.5 Å². The number of aliphatic imine (C=N–C) groups is 1. The molecule has 0 spiro atoms. The van der Waals surface area contributed by atoms with Crippen LogP contribution in [0.2, 0.25) is 0 Å². The summed E-state index contributed by atoms with van der Waals surface area (Å²) in [7, 11) is 0. The van der Waals surface area contributed by atoms with Gasteiger partial charge in [0, 0.05) is 32.7 Å². The maximum atomic E-state index is 10.7. The van der Waals surface area contributed by atoms with E-state index in [1.807, 2.05) is 32.0 Å². The number of benzene rings is 1. The van der Waals surface area contributed by atoms with Crippen molar-refractivity contribution in [1.82, 2.24) is 15.5 Å². The van der Waals surface area contributed by atoms with Crippen molar-refractivity contribution in [3.63, 3.8) is 0 Å². The third-order valence-electron chi connectivity index (χ3n) is 4.51. The average Bonchev–Trinajstić information content (AvgIpc) is 3.12. The van der Waals surface area contributed by atoms with Gasteiger partial charge in [-0.3, -0.25) is 4.90 Å². The van der Waals surface area contributed by atoms with Crippen LogP contribution in [0, 0.1) is 0 Å². The van der Waals surface area contributed by atoms with Crippen LogP contribution in [-0.2, 0) is 11.3 Å². The first-order valence-electron chi connectivity index (χ1n) is 9.49. The summed E-state index contributed by atoms with van der Waals surface area (Å²) in [6.45, 7) is 9.57. The molecule has 3 rings (SSSR count). The average molecular weight is 506 g/mol. The quantitative estimate of drug-likeness (QED) is 0.291. The molecule has 1 aromatic carbocycles. The number of nitrogens with one attached hydrogen (secondary N) is 2. The number of halogens is 1. The summed E-state index contributed by atoms with van der Waals surface area (Å²) in [5, 5.41) is 17.2. The van der Waals surface area contributed by atoms with Gasteiger partial charge in [0.05, 0.1) is 25.4 Å². The van der Waals surface area contributed by atoms with Crippen LogP contribution in [-0.4, -0.2) is 74.3 Å². The van der Waals surface area contributed by atoms with Crippen molar-refractivity contribution in [2.24, 2.45) is 4.99 Å². The lowest BCUT2D eigenvalue weighted by Crippen LogP contribution is -2.52. The minimum Gasteiger partial charge on any atom is -0.454 e. The fourth-order valence-electron chi connectivity index (χ4n) is 3.12. The van der Waals surface area contributed by atoms with E-state index in [0.29, 0.717) is 25.6 Å². The predicted octanol–water partition coefficient (Wildman–Crippen LogP) is 1.17. The van der Waals surface area contributed by atoms with E-state index in [9.17, 15) is 5.11 Å². The molecule has 2 aliphatic rings. The number of morpholine rings is 1. The highest BCUT2D eigenvalue weighted by Crippen LogP contribution is 2.32. The Bertz CT molecular complexity index is 651. The third-order valence-corrected chi connectivity index (χ3v) is 4.51. The van der Waals surface area contributed by atoms with Crippen molar-refractivity contribution in [2.75, 3.05) is 52.7 Å². The van der Waals surface area contributed by atoms with Crippen LogP contribution in [0.3, 0.4) is 0 Å². The molecule has 28 heavy (non-hydrogen) atoms. The number of ether oxygens (including phenoxy) is 3. The molecule has 1 fully saturated rings. The summed E-state index contributed by atoms with van der Waals surface area (Å²) in [6, 6.07) is 5.83. The highest BCUT2D eigenvalue weighted by molar-refractivity contribution is 14.0. The molecule has 0 bridgehead atoms. The number of β-amino-alcohol motifs (C(OH)–C–C–N with tert-alkyl or cyclic N) is 1. The highest BCUT2D eigenvalue weighted by Gasteiger charge is 2.25. The summed E-state index contributed by atoms with van der Waals surface area (Å²) in [5.74, 6) is 2.21. The molecule has 9 heteroatoms. The maximum absolute atomic E-state index is 10.7. The van der Waals surface area contributed by atoms with Gasteiger partial charge in [0.2, 0.25) is 6.79 Å². The maximum Gasteiger partial charge on any atom is 0.231 e. The summed E-state index contributed by atoms with van der Waals surface area (Å²) >= 11 is 0. The van der Waals surface area contributed by atoms with E-state index in [2.05, 4.69) is 20.5 Å². The Morgan fingerprint density at radius 3 is 2.71 bits per heavy atom. The Balaban J connectivity index is 0.00000280. The predicted molar refractivity (Wildman–Crippen MR) is 119 cm³/mol. The van der Waals surface area contributed by atoms with Gasteiger partial charge in [-0.1, -0.05) is 6.07 Å². The van der Waals surface area contributed by atoms with E-state index in [-0.39, 0.29) is 30.8 Å². The number of fused-ring (bicyclic) bond motifs is 1. The number of aliphatic hydroxyl groups is 1. The molecule has 1 saturated heterocycles. The van der Waals surface area contributed by atoms with Crippen molar-refractivity contribution in [1.29, 1.82) is 0 Å². The number of nitrogens with zero attached hydrogens (tertiary/aromatic N) is 2.